The summed E-state index contributed by atoms with van der Waals surface area (Å²) in [6.07, 6.45) is -0.574. The Labute approximate surface area is 163 Å². The normalized spacial score (nSPS) is 16.8. The number of alkyl halides is 3. The maximum atomic E-state index is 12.9. The van der Waals surface area contributed by atoms with Crippen LogP contribution >= 0.6 is 0 Å². The van der Waals surface area contributed by atoms with Crippen LogP contribution in [0.5, 0.6) is 0 Å². The molecule has 0 saturated carbocycles. The number of aromatic amines is 1. The van der Waals surface area contributed by atoms with Crippen molar-refractivity contribution >= 4 is 16.9 Å². The van der Waals surface area contributed by atoms with Gasteiger partial charge >= 0.3 is 6.18 Å². The van der Waals surface area contributed by atoms with Crippen LogP contribution in [0.25, 0.3) is 10.9 Å². The molecule has 0 unspecified atom stereocenters. The molecule has 1 atom stereocenters. The second-order valence-corrected chi connectivity index (χ2v) is 6.81. The molecular weight excluding hydrogens is 381 g/mol. The molecule has 6 nitrogen and oxygen atoms in total. The first kappa shape index (κ1) is 17.6. The maximum absolute atomic E-state index is 12.9. The number of fused-ring (bicyclic) bond motifs is 2. The van der Waals surface area contributed by atoms with E-state index in [2.05, 4.69) is 19.9 Å². The first-order valence-electron chi connectivity index (χ1n) is 9.04. The molecule has 1 N–H and O–H groups in total. The van der Waals surface area contributed by atoms with E-state index in [1.54, 1.807) is 6.33 Å². The van der Waals surface area contributed by atoms with Crippen molar-refractivity contribution in [3.05, 3.63) is 77.8 Å². The van der Waals surface area contributed by atoms with Gasteiger partial charge < -0.3 is 9.88 Å². The summed E-state index contributed by atoms with van der Waals surface area (Å²) in [5.41, 5.74) is 2.45. The predicted molar refractivity (Wildman–Crippen MR) is 100 cm³/mol. The molecule has 4 aromatic rings. The molecule has 0 saturated heterocycles. The van der Waals surface area contributed by atoms with E-state index >= 15 is 0 Å². The van der Waals surface area contributed by atoms with Crippen molar-refractivity contribution in [1.29, 1.82) is 0 Å². The molecule has 0 amide bonds. The van der Waals surface area contributed by atoms with E-state index in [-0.39, 0.29) is 5.95 Å². The van der Waals surface area contributed by atoms with Gasteiger partial charge in [0.25, 0.3) is 0 Å². The number of aromatic nitrogens is 5. The Balaban J connectivity index is 1.60. The van der Waals surface area contributed by atoms with E-state index in [1.807, 2.05) is 41.3 Å². The van der Waals surface area contributed by atoms with Gasteiger partial charge in [0.05, 0.1) is 28.8 Å². The molecule has 1 aliphatic heterocycles. The predicted octanol–water partition coefficient (Wildman–Crippen LogP) is 3.92. The van der Waals surface area contributed by atoms with Crippen molar-refractivity contribution in [3.63, 3.8) is 0 Å². The monoisotopic (exact) mass is 396 g/mol. The maximum Gasteiger partial charge on any atom is 0.419 e. The molecule has 146 valence electrons. The Morgan fingerprint density at radius 1 is 1.00 bits per heavy atom. The molecule has 9 heteroatoms. The van der Waals surface area contributed by atoms with Gasteiger partial charge in [0, 0.05) is 36.4 Å². The number of halogens is 3. The highest BCUT2D eigenvalue weighted by molar-refractivity contribution is 5.78. The van der Waals surface area contributed by atoms with E-state index in [0.29, 0.717) is 13.0 Å². The van der Waals surface area contributed by atoms with Crippen LogP contribution in [0, 0.1) is 0 Å². The van der Waals surface area contributed by atoms with Crippen LogP contribution in [0.1, 0.15) is 28.7 Å². The number of para-hydroxylation sites is 1. The molecule has 0 bridgehead atoms. The minimum Gasteiger partial charge on any atom is -0.348 e. The molecule has 29 heavy (non-hydrogen) atoms. The van der Waals surface area contributed by atoms with Crippen LogP contribution < -0.4 is 4.90 Å². The first-order valence-corrected chi connectivity index (χ1v) is 9.04. The number of rotatable bonds is 2. The summed E-state index contributed by atoms with van der Waals surface area (Å²) in [5.74, 6) is 0.214. The zero-order valence-corrected chi connectivity index (χ0v) is 15.1. The smallest absolute Gasteiger partial charge is 0.348 e. The second-order valence-electron chi connectivity index (χ2n) is 6.81. The zero-order valence-electron chi connectivity index (χ0n) is 15.1. The van der Waals surface area contributed by atoms with Crippen LogP contribution in [-0.4, -0.2) is 31.5 Å². The van der Waals surface area contributed by atoms with Gasteiger partial charge in [-0.1, -0.05) is 24.3 Å². The number of hydrogen-bond donors (Lipinski definition) is 1. The highest BCUT2D eigenvalue weighted by Gasteiger charge is 2.35. The summed E-state index contributed by atoms with van der Waals surface area (Å²) in [4.78, 5) is 22.2. The van der Waals surface area contributed by atoms with Crippen LogP contribution in [0.2, 0.25) is 0 Å². The molecule has 1 aromatic carbocycles. The van der Waals surface area contributed by atoms with Gasteiger partial charge in [0.2, 0.25) is 5.95 Å². The first-order chi connectivity index (χ1) is 14.0. The Morgan fingerprint density at radius 2 is 1.79 bits per heavy atom. The van der Waals surface area contributed by atoms with Crippen LogP contribution in [-0.2, 0) is 12.6 Å². The van der Waals surface area contributed by atoms with Gasteiger partial charge in [-0.3, -0.25) is 4.98 Å². The molecule has 0 radical (unpaired) electrons. The van der Waals surface area contributed by atoms with Crippen molar-refractivity contribution in [2.45, 2.75) is 18.6 Å². The summed E-state index contributed by atoms with van der Waals surface area (Å²) < 4.78 is 38.7. The van der Waals surface area contributed by atoms with E-state index in [9.17, 15) is 13.2 Å². The van der Waals surface area contributed by atoms with E-state index in [1.165, 1.54) is 0 Å². The average molecular weight is 396 g/mol. The fourth-order valence-electron chi connectivity index (χ4n) is 3.64. The summed E-state index contributed by atoms with van der Waals surface area (Å²) >= 11 is 0. The molecule has 3 aromatic heterocycles. The fraction of sp³-hybridized carbons (Fsp3) is 0.200. The van der Waals surface area contributed by atoms with E-state index < -0.39 is 17.8 Å². The number of pyridine rings is 1. The van der Waals surface area contributed by atoms with Gasteiger partial charge in [0.15, 0.2) is 0 Å². The minimum atomic E-state index is -4.48. The summed E-state index contributed by atoms with van der Waals surface area (Å²) in [6.45, 7) is 0.528. The third kappa shape index (κ3) is 3.08. The van der Waals surface area contributed by atoms with Crippen molar-refractivity contribution in [2.24, 2.45) is 0 Å². The lowest BCUT2D eigenvalue weighted by Gasteiger charge is -2.34. The molecule has 1 aliphatic rings. The van der Waals surface area contributed by atoms with Gasteiger partial charge in [-0.05, 0) is 12.1 Å². The van der Waals surface area contributed by atoms with Gasteiger partial charge in [-0.2, -0.15) is 13.2 Å². The molecular formula is C20H15F3N6. The SMILES string of the molecule is FC(F)(F)c1cnc(N2CCc3[nH]cnc3[C@H]2c2ccc3ccccc3n2)nc1. The fourth-order valence-corrected chi connectivity index (χ4v) is 3.64. The molecule has 0 spiro atoms. The highest BCUT2D eigenvalue weighted by atomic mass is 19.4. The van der Waals surface area contributed by atoms with Crippen molar-refractivity contribution in [3.8, 4) is 0 Å². The van der Waals surface area contributed by atoms with E-state index in [0.717, 1.165) is 40.4 Å². The summed E-state index contributed by atoms with van der Waals surface area (Å²) in [7, 11) is 0. The molecule has 0 aliphatic carbocycles. The molecule has 0 fully saturated rings. The standard InChI is InChI=1S/C20H15F3N6/c21-20(22,23)13-9-24-19(25-10-13)29-8-7-15-17(27-11-26-15)18(29)16-6-5-12-3-1-2-4-14(12)28-16/h1-6,9-11,18H,7-8H2,(H,26,27)/t18-/m1/s1. The lowest BCUT2D eigenvalue weighted by Crippen LogP contribution is -2.38. The second kappa shape index (κ2) is 6.54. The summed E-state index contributed by atoms with van der Waals surface area (Å²) in [5, 5.41) is 1.01. The van der Waals surface area contributed by atoms with Crippen molar-refractivity contribution in [2.75, 3.05) is 11.4 Å². The Morgan fingerprint density at radius 3 is 2.59 bits per heavy atom. The number of hydrogen-bond acceptors (Lipinski definition) is 5. The Kier molecular flexibility index (Phi) is 3.97. The van der Waals surface area contributed by atoms with Gasteiger partial charge in [-0.25, -0.2) is 15.0 Å². The van der Waals surface area contributed by atoms with Gasteiger partial charge in [0.1, 0.15) is 6.04 Å². The quantitative estimate of drug-likeness (QED) is 0.556. The Bertz CT molecular complexity index is 1170. The average Bonchev–Trinajstić information content (AvgIpc) is 3.21. The number of benzene rings is 1. The molecule has 5 rings (SSSR count). The highest BCUT2D eigenvalue weighted by Crippen LogP contribution is 2.36. The van der Waals surface area contributed by atoms with Crippen LogP contribution in [0.4, 0.5) is 19.1 Å². The van der Waals surface area contributed by atoms with Crippen LogP contribution in [0.3, 0.4) is 0 Å². The summed E-state index contributed by atoms with van der Waals surface area (Å²) in [6, 6.07) is 11.2. The van der Waals surface area contributed by atoms with E-state index in [4.69, 9.17) is 4.98 Å². The number of nitrogens with zero attached hydrogens (tertiary/aromatic N) is 5. The van der Waals surface area contributed by atoms with Gasteiger partial charge in [-0.15, -0.1) is 0 Å². The largest absolute Gasteiger partial charge is 0.419 e. The zero-order chi connectivity index (χ0) is 20.0. The number of anilines is 1. The number of H-pyrrole nitrogens is 1. The number of imidazole rings is 1. The Hall–Kier alpha value is -3.49. The van der Waals surface area contributed by atoms with Crippen molar-refractivity contribution in [1.82, 2.24) is 24.9 Å². The van der Waals surface area contributed by atoms with Crippen molar-refractivity contribution < 1.29 is 13.2 Å². The lowest BCUT2D eigenvalue weighted by atomic mass is 9.99. The van der Waals surface area contributed by atoms with Crippen LogP contribution in [0.15, 0.2) is 55.1 Å². The minimum absolute atomic E-state index is 0.214. The number of nitrogens with one attached hydrogen (secondary N) is 1. The third-order valence-corrected chi connectivity index (χ3v) is 5.05. The molecule has 4 heterocycles. The topological polar surface area (TPSA) is 70.6 Å². The third-order valence-electron chi connectivity index (χ3n) is 5.05. The lowest BCUT2D eigenvalue weighted by molar-refractivity contribution is -0.138.